The zero-order valence-corrected chi connectivity index (χ0v) is 12.1. The predicted molar refractivity (Wildman–Crippen MR) is 74.5 cm³/mol. The summed E-state index contributed by atoms with van der Waals surface area (Å²) in [4.78, 5) is 22.6. The van der Waals surface area contributed by atoms with E-state index < -0.39 is 0 Å². The predicted octanol–water partition coefficient (Wildman–Crippen LogP) is 2.06. The maximum absolute atomic E-state index is 11.7. The number of carbonyl (C=O) groups excluding carboxylic acids is 2. The van der Waals surface area contributed by atoms with Gasteiger partial charge in [-0.05, 0) is 24.1 Å². The molecule has 4 nitrogen and oxygen atoms in total. The van der Waals surface area contributed by atoms with Crippen LogP contribution in [-0.2, 0) is 20.7 Å². The van der Waals surface area contributed by atoms with Gasteiger partial charge in [0.1, 0.15) is 0 Å². The third-order valence-electron chi connectivity index (χ3n) is 3.08. The maximum Gasteiger partial charge on any atom is 0.306 e. The summed E-state index contributed by atoms with van der Waals surface area (Å²) in [5.74, 6) is -0.0273. The van der Waals surface area contributed by atoms with Gasteiger partial charge in [-0.2, -0.15) is 0 Å². The van der Waals surface area contributed by atoms with Crippen LogP contribution in [0.3, 0.4) is 0 Å². The van der Waals surface area contributed by atoms with Crippen LogP contribution in [0.25, 0.3) is 0 Å². The zero-order chi connectivity index (χ0) is 13.7. The zero-order valence-electron chi connectivity index (χ0n) is 10.5. The molecule has 1 fully saturated rings. The first kappa shape index (κ1) is 14.1. The van der Waals surface area contributed by atoms with E-state index in [9.17, 15) is 9.59 Å². The first-order chi connectivity index (χ1) is 9.13. The summed E-state index contributed by atoms with van der Waals surface area (Å²) in [6, 6.07) is 7.94. The Hall–Kier alpha value is -1.36. The average Bonchev–Trinajstić information content (AvgIpc) is 2.81. The molecule has 1 heterocycles. The molecule has 1 aliphatic rings. The van der Waals surface area contributed by atoms with E-state index in [1.165, 1.54) is 0 Å². The number of hydrogen-bond acceptors (Lipinski definition) is 3. The first-order valence-electron chi connectivity index (χ1n) is 6.30. The molecule has 0 spiro atoms. The van der Waals surface area contributed by atoms with Crippen molar-refractivity contribution in [1.82, 2.24) is 5.32 Å². The second-order valence-electron chi connectivity index (χ2n) is 4.68. The number of hydrogen-bond donors (Lipinski definition) is 1. The van der Waals surface area contributed by atoms with Gasteiger partial charge in [0.2, 0.25) is 5.91 Å². The molecule has 1 aliphatic heterocycles. The summed E-state index contributed by atoms with van der Waals surface area (Å²) < 4.78 is 5.88. The molecule has 2 rings (SSSR count). The third-order valence-corrected chi connectivity index (χ3v) is 3.61. The molecule has 19 heavy (non-hydrogen) atoms. The molecule has 0 bridgehead atoms. The van der Waals surface area contributed by atoms with E-state index in [4.69, 9.17) is 4.74 Å². The number of rotatable bonds is 5. The van der Waals surface area contributed by atoms with Crippen LogP contribution in [0.1, 0.15) is 18.4 Å². The Morgan fingerprint density at radius 3 is 2.74 bits per heavy atom. The van der Waals surface area contributed by atoms with Crippen molar-refractivity contribution in [3.8, 4) is 0 Å². The molecular weight excluding hydrogens is 310 g/mol. The van der Waals surface area contributed by atoms with Crippen molar-refractivity contribution in [3.63, 3.8) is 0 Å². The van der Waals surface area contributed by atoms with Crippen molar-refractivity contribution in [3.05, 3.63) is 34.3 Å². The number of benzene rings is 1. The smallest absolute Gasteiger partial charge is 0.306 e. The number of esters is 1. The van der Waals surface area contributed by atoms with Gasteiger partial charge in [0.05, 0.1) is 13.0 Å². The van der Waals surface area contributed by atoms with Gasteiger partial charge in [-0.1, -0.05) is 28.1 Å². The largest absolute Gasteiger partial charge is 0.465 e. The molecule has 1 unspecified atom stereocenters. The molecule has 1 atom stereocenters. The van der Waals surface area contributed by atoms with Gasteiger partial charge in [0.25, 0.3) is 0 Å². The van der Waals surface area contributed by atoms with E-state index in [-0.39, 0.29) is 17.8 Å². The van der Waals surface area contributed by atoms with Crippen LogP contribution in [0.5, 0.6) is 0 Å². The van der Waals surface area contributed by atoms with Crippen LogP contribution in [0.4, 0.5) is 0 Å². The molecule has 1 amide bonds. The van der Waals surface area contributed by atoms with Gasteiger partial charge in [0, 0.05) is 23.4 Å². The van der Waals surface area contributed by atoms with E-state index >= 15 is 0 Å². The van der Waals surface area contributed by atoms with Crippen molar-refractivity contribution in [2.45, 2.75) is 19.3 Å². The van der Waals surface area contributed by atoms with Gasteiger partial charge in [-0.25, -0.2) is 0 Å². The minimum atomic E-state index is -0.172. The number of carbonyl (C=O) groups is 2. The minimum Gasteiger partial charge on any atom is -0.465 e. The Labute approximate surface area is 120 Å². The van der Waals surface area contributed by atoms with E-state index in [1.54, 1.807) is 0 Å². The second-order valence-corrected chi connectivity index (χ2v) is 5.60. The van der Waals surface area contributed by atoms with Crippen LogP contribution in [-0.4, -0.2) is 25.0 Å². The Balaban J connectivity index is 1.67. The molecule has 0 radical (unpaired) electrons. The van der Waals surface area contributed by atoms with Crippen molar-refractivity contribution in [2.24, 2.45) is 5.92 Å². The SMILES string of the molecule is O=C(CCc1ccc(Br)cc1)NCC1COC(=O)C1. The van der Waals surface area contributed by atoms with E-state index in [0.717, 1.165) is 16.5 Å². The normalized spacial score (nSPS) is 18.2. The van der Waals surface area contributed by atoms with Gasteiger partial charge < -0.3 is 10.1 Å². The third kappa shape index (κ3) is 4.67. The Kier molecular flexibility index (Phi) is 4.96. The Morgan fingerprint density at radius 1 is 1.37 bits per heavy atom. The minimum absolute atomic E-state index is 0.0160. The highest BCUT2D eigenvalue weighted by molar-refractivity contribution is 9.10. The van der Waals surface area contributed by atoms with Crippen LogP contribution in [0, 0.1) is 5.92 Å². The number of aryl methyl sites for hydroxylation is 1. The fourth-order valence-corrected chi connectivity index (χ4v) is 2.22. The fourth-order valence-electron chi connectivity index (χ4n) is 1.95. The lowest BCUT2D eigenvalue weighted by molar-refractivity contribution is -0.137. The van der Waals surface area contributed by atoms with Gasteiger partial charge in [0.15, 0.2) is 0 Å². The number of ether oxygens (including phenoxy) is 1. The molecule has 1 aromatic carbocycles. The monoisotopic (exact) mass is 325 g/mol. The number of amides is 1. The molecule has 0 saturated carbocycles. The summed E-state index contributed by atoms with van der Waals surface area (Å²) in [6.45, 7) is 0.941. The molecule has 0 aliphatic carbocycles. The summed E-state index contributed by atoms with van der Waals surface area (Å²) in [5, 5.41) is 2.85. The van der Waals surface area contributed by atoms with Gasteiger partial charge in [-0.3, -0.25) is 9.59 Å². The lowest BCUT2D eigenvalue weighted by atomic mass is 10.1. The molecule has 1 saturated heterocycles. The molecule has 1 N–H and O–H groups in total. The molecule has 5 heteroatoms. The fraction of sp³-hybridized carbons (Fsp3) is 0.429. The van der Waals surface area contributed by atoms with E-state index in [2.05, 4.69) is 21.2 Å². The highest BCUT2D eigenvalue weighted by Crippen LogP contribution is 2.13. The van der Waals surface area contributed by atoms with Crippen LogP contribution >= 0.6 is 15.9 Å². The standard InChI is InChI=1S/C14H16BrNO3/c15-12-4-1-10(2-5-12)3-6-13(17)16-8-11-7-14(18)19-9-11/h1-2,4-5,11H,3,6-9H2,(H,16,17). The summed E-state index contributed by atoms with van der Waals surface area (Å²) >= 11 is 3.37. The van der Waals surface area contributed by atoms with E-state index in [0.29, 0.717) is 26.0 Å². The number of nitrogens with one attached hydrogen (secondary N) is 1. The van der Waals surface area contributed by atoms with Gasteiger partial charge >= 0.3 is 5.97 Å². The quantitative estimate of drug-likeness (QED) is 0.843. The van der Waals surface area contributed by atoms with Crippen molar-refractivity contribution >= 4 is 27.8 Å². The summed E-state index contributed by atoms with van der Waals surface area (Å²) in [6.07, 6.45) is 1.59. The van der Waals surface area contributed by atoms with Crippen LogP contribution in [0.2, 0.25) is 0 Å². The Morgan fingerprint density at radius 2 is 2.11 bits per heavy atom. The highest BCUT2D eigenvalue weighted by Gasteiger charge is 2.23. The lowest BCUT2D eigenvalue weighted by Gasteiger charge is -2.08. The molecule has 1 aromatic rings. The number of halogens is 1. The van der Waals surface area contributed by atoms with E-state index in [1.807, 2.05) is 24.3 Å². The summed E-state index contributed by atoms with van der Waals surface area (Å²) in [7, 11) is 0. The van der Waals surface area contributed by atoms with Crippen molar-refractivity contribution in [1.29, 1.82) is 0 Å². The van der Waals surface area contributed by atoms with Crippen molar-refractivity contribution < 1.29 is 14.3 Å². The summed E-state index contributed by atoms with van der Waals surface area (Å²) in [5.41, 5.74) is 1.14. The van der Waals surface area contributed by atoms with Crippen LogP contribution in [0.15, 0.2) is 28.7 Å². The molecule has 0 aromatic heterocycles. The lowest BCUT2D eigenvalue weighted by Crippen LogP contribution is -2.29. The van der Waals surface area contributed by atoms with Crippen LogP contribution < -0.4 is 5.32 Å². The maximum atomic E-state index is 11.7. The molecule has 102 valence electrons. The average molecular weight is 326 g/mol. The topological polar surface area (TPSA) is 55.4 Å². The van der Waals surface area contributed by atoms with Crippen molar-refractivity contribution in [2.75, 3.05) is 13.2 Å². The first-order valence-corrected chi connectivity index (χ1v) is 7.09. The second kappa shape index (κ2) is 6.70. The molecular formula is C14H16BrNO3. The van der Waals surface area contributed by atoms with Gasteiger partial charge in [-0.15, -0.1) is 0 Å². The highest BCUT2D eigenvalue weighted by atomic mass is 79.9. The Bertz CT molecular complexity index is 458. The number of cyclic esters (lactones) is 1.